The number of anilines is 1. The summed E-state index contributed by atoms with van der Waals surface area (Å²) in [5.41, 5.74) is -1.23. The maximum absolute atomic E-state index is 12.2. The molecule has 0 radical (unpaired) electrons. The largest absolute Gasteiger partial charge is 0.446 e. The van der Waals surface area contributed by atoms with Crippen LogP contribution in [0.1, 0.15) is 11.1 Å². The quantitative estimate of drug-likeness (QED) is 0.659. The third-order valence-electron chi connectivity index (χ3n) is 2.83. The summed E-state index contributed by atoms with van der Waals surface area (Å²) < 4.78 is 37.7. The molecule has 0 bridgehead atoms. The summed E-state index contributed by atoms with van der Waals surface area (Å²) in [5, 5.41) is 3.26. The third-order valence-corrected chi connectivity index (χ3v) is 4.62. The molecule has 1 N–H and O–H groups in total. The predicted molar refractivity (Wildman–Crippen MR) is 84.6 cm³/mol. The molecule has 0 spiro atoms. The van der Waals surface area contributed by atoms with Gasteiger partial charge < -0.3 is 5.32 Å². The first-order valence-corrected chi connectivity index (χ1v) is 7.80. The van der Waals surface area contributed by atoms with Gasteiger partial charge in [-0.2, -0.15) is 13.2 Å². The zero-order valence-corrected chi connectivity index (χ0v) is 13.6. The van der Waals surface area contributed by atoms with Gasteiger partial charge in [-0.1, -0.05) is 24.3 Å². The highest BCUT2D eigenvalue weighted by Crippen LogP contribution is 2.36. The number of thioether (sulfide) groups is 1. The van der Waals surface area contributed by atoms with E-state index in [9.17, 15) is 13.2 Å². The molecule has 2 aromatic rings. The van der Waals surface area contributed by atoms with E-state index in [1.165, 1.54) is 12.1 Å². The van der Waals surface area contributed by atoms with Crippen LogP contribution in [0.5, 0.6) is 0 Å². The Morgan fingerprint density at radius 1 is 1.10 bits per heavy atom. The average Bonchev–Trinajstić information content (AvgIpc) is 2.40. The van der Waals surface area contributed by atoms with Crippen molar-refractivity contribution in [3.8, 4) is 0 Å². The monoisotopic (exact) mass is 375 g/mol. The second-order valence-corrected chi connectivity index (χ2v) is 6.41. The summed E-state index contributed by atoms with van der Waals surface area (Å²) in [4.78, 5) is 0.197. The molecule has 0 atom stereocenters. The number of aryl methyl sites for hydroxylation is 1. The molecule has 0 heterocycles. The Kier molecular flexibility index (Phi) is 5.22. The summed E-state index contributed by atoms with van der Waals surface area (Å²) in [6.07, 6.45) is 0. The first-order chi connectivity index (χ1) is 9.85. The number of benzene rings is 2. The van der Waals surface area contributed by atoms with E-state index in [1.807, 2.05) is 25.1 Å². The fourth-order valence-corrected chi connectivity index (χ4v) is 2.73. The van der Waals surface area contributed by atoms with Crippen LogP contribution in [0.15, 0.2) is 51.8 Å². The molecule has 112 valence electrons. The Hall–Kier alpha value is -1.14. The average molecular weight is 376 g/mol. The summed E-state index contributed by atoms with van der Waals surface area (Å²) in [6.45, 7) is 2.55. The lowest BCUT2D eigenvalue weighted by Crippen LogP contribution is -2.01. The van der Waals surface area contributed by atoms with Crippen molar-refractivity contribution in [2.45, 2.75) is 23.9 Å². The third kappa shape index (κ3) is 4.97. The van der Waals surface area contributed by atoms with Gasteiger partial charge in [0.15, 0.2) is 0 Å². The van der Waals surface area contributed by atoms with Gasteiger partial charge in [-0.05, 0) is 63.9 Å². The van der Waals surface area contributed by atoms with Gasteiger partial charge in [0.2, 0.25) is 0 Å². The van der Waals surface area contributed by atoms with Crippen molar-refractivity contribution >= 4 is 33.4 Å². The Morgan fingerprint density at radius 2 is 1.76 bits per heavy atom. The Morgan fingerprint density at radius 3 is 2.38 bits per heavy atom. The van der Waals surface area contributed by atoms with Crippen LogP contribution in [0.2, 0.25) is 0 Å². The number of nitrogens with one attached hydrogen (secondary N) is 1. The van der Waals surface area contributed by atoms with Crippen molar-refractivity contribution in [2.24, 2.45) is 0 Å². The zero-order chi connectivity index (χ0) is 15.5. The molecular formula is C15H13BrF3NS. The highest BCUT2D eigenvalue weighted by molar-refractivity contribution is 9.10. The fraction of sp³-hybridized carbons (Fsp3) is 0.200. The normalized spacial score (nSPS) is 11.5. The number of hydrogen-bond acceptors (Lipinski definition) is 2. The van der Waals surface area contributed by atoms with E-state index in [1.54, 1.807) is 12.1 Å². The maximum atomic E-state index is 12.2. The predicted octanol–water partition coefficient (Wildman–Crippen LogP) is 5.98. The molecule has 0 amide bonds. The molecule has 0 aliphatic rings. The van der Waals surface area contributed by atoms with Crippen molar-refractivity contribution in [1.82, 2.24) is 0 Å². The van der Waals surface area contributed by atoms with Gasteiger partial charge in [0, 0.05) is 21.6 Å². The van der Waals surface area contributed by atoms with Gasteiger partial charge in [-0.25, -0.2) is 0 Å². The lowest BCUT2D eigenvalue weighted by atomic mass is 10.2. The lowest BCUT2D eigenvalue weighted by molar-refractivity contribution is -0.0328. The number of hydrogen-bond donors (Lipinski definition) is 1. The van der Waals surface area contributed by atoms with Crippen molar-refractivity contribution in [2.75, 3.05) is 5.32 Å². The number of halogens is 4. The van der Waals surface area contributed by atoms with Gasteiger partial charge in [0.25, 0.3) is 0 Å². The zero-order valence-electron chi connectivity index (χ0n) is 11.2. The Labute approximate surface area is 134 Å². The summed E-state index contributed by atoms with van der Waals surface area (Å²) in [5.74, 6) is 0. The summed E-state index contributed by atoms with van der Waals surface area (Å²) in [6, 6.07) is 12.3. The molecule has 6 heteroatoms. The van der Waals surface area contributed by atoms with E-state index in [2.05, 4.69) is 21.2 Å². The highest BCUT2D eigenvalue weighted by Gasteiger charge is 2.28. The summed E-state index contributed by atoms with van der Waals surface area (Å²) in [7, 11) is 0. The van der Waals surface area contributed by atoms with Gasteiger partial charge in [-0.15, -0.1) is 0 Å². The highest BCUT2D eigenvalue weighted by atomic mass is 79.9. The van der Waals surface area contributed by atoms with Gasteiger partial charge in [0.05, 0.1) is 0 Å². The molecule has 0 saturated carbocycles. The SMILES string of the molecule is Cc1cccc(NCc2ccc(SC(F)(F)F)cc2)c1Br. The Bertz CT molecular complexity index is 611. The van der Waals surface area contributed by atoms with E-state index in [0.29, 0.717) is 6.54 Å². The first kappa shape index (κ1) is 16.2. The van der Waals surface area contributed by atoms with Gasteiger partial charge in [-0.3, -0.25) is 0 Å². The molecule has 0 saturated heterocycles. The Balaban J connectivity index is 1.99. The fourth-order valence-electron chi connectivity index (χ4n) is 1.79. The van der Waals surface area contributed by atoms with Crippen LogP contribution in [0.25, 0.3) is 0 Å². The lowest BCUT2D eigenvalue weighted by Gasteiger charge is -2.11. The molecule has 0 aliphatic carbocycles. The van der Waals surface area contributed by atoms with Gasteiger partial charge in [0.1, 0.15) is 0 Å². The second kappa shape index (κ2) is 6.75. The molecule has 2 rings (SSSR count). The van der Waals surface area contributed by atoms with Crippen LogP contribution in [-0.4, -0.2) is 5.51 Å². The van der Waals surface area contributed by atoms with E-state index < -0.39 is 5.51 Å². The molecular weight excluding hydrogens is 363 g/mol. The van der Waals surface area contributed by atoms with Crippen molar-refractivity contribution < 1.29 is 13.2 Å². The van der Waals surface area contributed by atoms with Crippen LogP contribution in [0, 0.1) is 6.92 Å². The smallest absolute Gasteiger partial charge is 0.380 e. The first-order valence-electron chi connectivity index (χ1n) is 6.19. The minimum atomic E-state index is -4.24. The van der Waals surface area contributed by atoms with E-state index in [-0.39, 0.29) is 16.7 Å². The molecule has 0 aromatic heterocycles. The maximum Gasteiger partial charge on any atom is 0.446 e. The van der Waals surface area contributed by atoms with Crippen molar-refractivity contribution in [1.29, 1.82) is 0 Å². The van der Waals surface area contributed by atoms with Crippen LogP contribution >= 0.6 is 27.7 Å². The molecule has 2 aromatic carbocycles. The molecule has 1 nitrogen and oxygen atoms in total. The van der Waals surface area contributed by atoms with Crippen LogP contribution in [0.4, 0.5) is 18.9 Å². The van der Waals surface area contributed by atoms with E-state index in [4.69, 9.17) is 0 Å². The minimum absolute atomic E-state index is 0.0996. The van der Waals surface area contributed by atoms with E-state index >= 15 is 0 Å². The van der Waals surface area contributed by atoms with Crippen LogP contribution in [0.3, 0.4) is 0 Å². The topological polar surface area (TPSA) is 12.0 Å². The van der Waals surface area contributed by atoms with E-state index in [0.717, 1.165) is 21.3 Å². The molecule has 21 heavy (non-hydrogen) atoms. The molecule has 0 aliphatic heterocycles. The van der Waals surface area contributed by atoms with Crippen LogP contribution in [-0.2, 0) is 6.54 Å². The van der Waals surface area contributed by atoms with Crippen molar-refractivity contribution in [3.05, 3.63) is 58.1 Å². The van der Waals surface area contributed by atoms with Gasteiger partial charge >= 0.3 is 5.51 Å². The number of rotatable bonds is 4. The minimum Gasteiger partial charge on any atom is -0.380 e. The second-order valence-electron chi connectivity index (χ2n) is 4.48. The standard InChI is InChI=1S/C15H13BrF3NS/c1-10-3-2-4-13(14(10)16)20-9-11-5-7-12(8-6-11)21-15(17,18)19/h2-8,20H,9H2,1H3. The molecule has 0 unspecified atom stereocenters. The molecule has 0 fully saturated rings. The number of alkyl halides is 3. The van der Waals surface area contributed by atoms with Crippen molar-refractivity contribution in [3.63, 3.8) is 0 Å². The van der Waals surface area contributed by atoms with Crippen LogP contribution < -0.4 is 5.32 Å². The summed E-state index contributed by atoms with van der Waals surface area (Å²) >= 11 is 3.41.